The monoisotopic (exact) mass is 444 g/mol. The largest absolute Gasteiger partial charge is 0.476 e. The van der Waals surface area contributed by atoms with Gasteiger partial charge in [0.25, 0.3) is 0 Å². The maximum Gasteiger partial charge on any atom is 0.337 e. The molecule has 0 saturated carbocycles. The minimum atomic E-state index is -0.427. The number of nitrogens with one attached hydrogen (secondary N) is 1. The second kappa shape index (κ2) is 10.1. The first-order valence-corrected chi connectivity index (χ1v) is 10.7. The molecule has 1 amide bonds. The number of aromatic nitrogens is 5. The predicted molar refractivity (Wildman–Crippen MR) is 116 cm³/mol. The van der Waals surface area contributed by atoms with Crippen molar-refractivity contribution in [3.63, 3.8) is 0 Å². The zero-order valence-electron chi connectivity index (χ0n) is 17.8. The molecule has 10 nitrogen and oxygen atoms in total. The summed E-state index contributed by atoms with van der Waals surface area (Å²) in [6.45, 7) is 5.09. The zero-order valence-corrected chi connectivity index (χ0v) is 18.6. The number of rotatable bonds is 9. The Labute approximate surface area is 183 Å². The summed E-state index contributed by atoms with van der Waals surface area (Å²) in [6.07, 6.45) is 1.87. The molecular formula is C20H24N6O4S. The standard InChI is InChI=1S/C20H24N6O4S/c1-5-26-11-15(18(24-26)30-6-2)17-22-23-20(25(17)3)31-12-16(27)21-14-9-7-13(8-10-14)19(28)29-4/h7-11H,5-6,12H2,1-4H3,(H,21,27). The van der Waals surface area contributed by atoms with Crippen molar-refractivity contribution < 1.29 is 19.1 Å². The number of carbonyl (C=O) groups excluding carboxylic acids is 2. The highest BCUT2D eigenvalue weighted by atomic mass is 32.2. The van der Waals surface area contributed by atoms with Crippen molar-refractivity contribution in [3.05, 3.63) is 36.0 Å². The fraction of sp³-hybridized carbons (Fsp3) is 0.350. The zero-order chi connectivity index (χ0) is 22.4. The number of hydrogen-bond acceptors (Lipinski definition) is 8. The van der Waals surface area contributed by atoms with E-state index in [4.69, 9.17) is 4.74 Å². The molecule has 1 N–H and O–H groups in total. The molecule has 31 heavy (non-hydrogen) atoms. The van der Waals surface area contributed by atoms with Gasteiger partial charge >= 0.3 is 5.97 Å². The topological polar surface area (TPSA) is 113 Å². The molecule has 0 spiro atoms. The Balaban J connectivity index is 1.64. The van der Waals surface area contributed by atoms with Crippen molar-refractivity contribution in [1.29, 1.82) is 0 Å². The van der Waals surface area contributed by atoms with Crippen LogP contribution in [-0.4, -0.2) is 55.9 Å². The van der Waals surface area contributed by atoms with Crippen LogP contribution in [-0.2, 0) is 23.1 Å². The van der Waals surface area contributed by atoms with Gasteiger partial charge in [0.15, 0.2) is 11.0 Å². The van der Waals surface area contributed by atoms with Crippen LogP contribution in [0.4, 0.5) is 5.69 Å². The third kappa shape index (κ3) is 5.23. The lowest BCUT2D eigenvalue weighted by Crippen LogP contribution is -2.14. The average Bonchev–Trinajstić information content (AvgIpc) is 3.35. The molecule has 3 aromatic rings. The number of ether oxygens (including phenoxy) is 2. The van der Waals surface area contributed by atoms with Crippen molar-refractivity contribution >= 4 is 29.3 Å². The molecule has 164 valence electrons. The highest BCUT2D eigenvalue weighted by Crippen LogP contribution is 2.29. The summed E-state index contributed by atoms with van der Waals surface area (Å²) >= 11 is 1.27. The maximum absolute atomic E-state index is 12.3. The van der Waals surface area contributed by atoms with Crippen molar-refractivity contribution in [3.8, 4) is 17.3 Å². The van der Waals surface area contributed by atoms with E-state index >= 15 is 0 Å². The second-order valence-corrected chi connectivity index (χ2v) is 7.35. The fourth-order valence-electron chi connectivity index (χ4n) is 2.77. The highest BCUT2D eigenvalue weighted by Gasteiger charge is 2.19. The fourth-order valence-corrected chi connectivity index (χ4v) is 3.48. The first kappa shape index (κ1) is 22.3. The van der Waals surface area contributed by atoms with Crippen LogP contribution in [0.5, 0.6) is 5.88 Å². The molecule has 0 aliphatic heterocycles. The molecule has 0 bridgehead atoms. The van der Waals surface area contributed by atoms with Gasteiger partial charge in [-0.15, -0.1) is 15.3 Å². The molecule has 0 atom stereocenters. The molecular weight excluding hydrogens is 420 g/mol. The Morgan fingerprint density at radius 1 is 1.16 bits per heavy atom. The Morgan fingerprint density at radius 2 is 1.90 bits per heavy atom. The second-order valence-electron chi connectivity index (χ2n) is 6.41. The third-order valence-electron chi connectivity index (χ3n) is 4.33. The number of thioether (sulfide) groups is 1. The van der Waals surface area contributed by atoms with Crippen LogP contribution in [0.2, 0.25) is 0 Å². The van der Waals surface area contributed by atoms with E-state index in [0.29, 0.717) is 41.3 Å². The number of nitrogens with zero attached hydrogens (tertiary/aromatic N) is 5. The summed E-state index contributed by atoms with van der Waals surface area (Å²) in [5, 5.41) is 16.2. The van der Waals surface area contributed by atoms with Gasteiger partial charge in [-0.2, -0.15) is 0 Å². The highest BCUT2D eigenvalue weighted by molar-refractivity contribution is 7.99. The molecule has 0 fully saturated rings. The Morgan fingerprint density at radius 3 is 2.55 bits per heavy atom. The Bertz CT molecular complexity index is 1060. The van der Waals surface area contributed by atoms with E-state index in [1.54, 1.807) is 28.9 Å². The van der Waals surface area contributed by atoms with Crippen LogP contribution in [0.15, 0.2) is 35.6 Å². The van der Waals surface area contributed by atoms with E-state index in [2.05, 4.69) is 25.3 Å². The van der Waals surface area contributed by atoms with Crippen LogP contribution >= 0.6 is 11.8 Å². The summed E-state index contributed by atoms with van der Waals surface area (Å²) in [4.78, 5) is 23.8. The Hall–Kier alpha value is -3.34. The number of methoxy groups -OCH3 is 1. The van der Waals surface area contributed by atoms with Crippen LogP contribution in [0.1, 0.15) is 24.2 Å². The van der Waals surface area contributed by atoms with E-state index < -0.39 is 5.97 Å². The molecule has 0 unspecified atom stereocenters. The van der Waals surface area contributed by atoms with Crippen LogP contribution in [0, 0.1) is 0 Å². The maximum atomic E-state index is 12.3. The minimum absolute atomic E-state index is 0.150. The van der Waals surface area contributed by atoms with Gasteiger partial charge in [0.1, 0.15) is 5.56 Å². The van der Waals surface area contributed by atoms with E-state index in [9.17, 15) is 9.59 Å². The van der Waals surface area contributed by atoms with E-state index in [-0.39, 0.29) is 11.7 Å². The van der Waals surface area contributed by atoms with Crippen molar-refractivity contribution in [2.24, 2.45) is 7.05 Å². The van der Waals surface area contributed by atoms with Crippen LogP contribution < -0.4 is 10.1 Å². The van der Waals surface area contributed by atoms with Gasteiger partial charge in [0.05, 0.1) is 25.0 Å². The molecule has 2 aromatic heterocycles. The molecule has 2 heterocycles. The van der Waals surface area contributed by atoms with Gasteiger partial charge in [-0.05, 0) is 38.1 Å². The number of aryl methyl sites for hydroxylation is 1. The van der Waals surface area contributed by atoms with E-state index in [0.717, 1.165) is 5.56 Å². The van der Waals surface area contributed by atoms with Gasteiger partial charge in [-0.1, -0.05) is 11.8 Å². The molecule has 11 heteroatoms. The van der Waals surface area contributed by atoms with E-state index in [1.165, 1.54) is 18.9 Å². The lowest BCUT2D eigenvalue weighted by Gasteiger charge is -2.06. The molecule has 3 rings (SSSR count). The first-order chi connectivity index (χ1) is 15.0. The Kier molecular flexibility index (Phi) is 7.29. The predicted octanol–water partition coefficient (Wildman–Crippen LogP) is 2.61. The SMILES string of the molecule is CCOc1nn(CC)cc1-c1nnc(SCC(=O)Nc2ccc(C(=O)OC)cc2)n1C. The molecule has 0 aliphatic carbocycles. The van der Waals surface area contributed by atoms with Crippen LogP contribution in [0.25, 0.3) is 11.4 Å². The molecule has 0 aliphatic rings. The molecule has 0 radical (unpaired) electrons. The number of carbonyl (C=O) groups is 2. The van der Waals surface area contributed by atoms with Gasteiger partial charge < -0.3 is 19.4 Å². The summed E-state index contributed by atoms with van der Waals surface area (Å²) < 4.78 is 13.9. The van der Waals surface area contributed by atoms with Crippen molar-refractivity contribution in [2.45, 2.75) is 25.5 Å². The van der Waals surface area contributed by atoms with Crippen molar-refractivity contribution in [2.75, 3.05) is 24.8 Å². The number of hydrogen-bond donors (Lipinski definition) is 1. The summed E-state index contributed by atoms with van der Waals surface area (Å²) in [5.74, 6) is 0.642. The number of esters is 1. The summed E-state index contributed by atoms with van der Waals surface area (Å²) in [6, 6.07) is 6.48. The number of benzene rings is 1. The normalized spacial score (nSPS) is 10.7. The smallest absolute Gasteiger partial charge is 0.337 e. The van der Waals surface area contributed by atoms with Crippen LogP contribution in [0.3, 0.4) is 0 Å². The third-order valence-corrected chi connectivity index (χ3v) is 5.35. The van der Waals surface area contributed by atoms with Gasteiger partial charge in [-0.25, -0.2) is 4.79 Å². The lowest BCUT2D eigenvalue weighted by molar-refractivity contribution is -0.113. The van der Waals surface area contributed by atoms with Gasteiger partial charge in [0.2, 0.25) is 11.8 Å². The lowest BCUT2D eigenvalue weighted by atomic mass is 10.2. The molecule has 0 saturated heterocycles. The van der Waals surface area contributed by atoms with Gasteiger partial charge in [0, 0.05) is 25.5 Å². The summed E-state index contributed by atoms with van der Waals surface area (Å²) in [7, 11) is 3.15. The van der Waals surface area contributed by atoms with E-state index in [1.807, 2.05) is 31.7 Å². The summed E-state index contributed by atoms with van der Waals surface area (Å²) in [5.41, 5.74) is 1.75. The molecule has 1 aromatic carbocycles. The minimum Gasteiger partial charge on any atom is -0.476 e. The number of amides is 1. The quantitative estimate of drug-likeness (QED) is 0.396. The first-order valence-electron chi connectivity index (χ1n) is 9.67. The average molecular weight is 445 g/mol. The van der Waals surface area contributed by atoms with Crippen molar-refractivity contribution in [1.82, 2.24) is 24.5 Å². The van der Waals surface area contributed by atoms with Gasteiger partial charge in [-0.3, -0.25) is 9.48 Å². The number of anilines is 1.